The number of nitrogens with one attached hydrogen (secondary N) is 1. The fourth-order valence-electron chi connectivity index (χ4n) is 2.82. The quantitative estimate of drug-likeness (QED) is 0.521. The molecule has 8 heteroatoms. The molecule has 4 aromatic rings. The Kier molecular flexibility index (Phi) is 4.04. The fourth-order valence-corrected chi connectivity index (χ4v) is 3.27. The van der Waals surface area contributed by atoms with Crippen LogP contribution in [-0.4, -0.2) is 19.7 Å². The molecule has 2 heterocycles. The molecule has 0 saturated heterocycles. The van der Waals surface area contributed by atoms with Gasteiger partial charge < -0.3 is 14.1 Å². The average molecular weight is 413 g/mol. The second kappa shape index (κ2) is 6.38. The largest absolute Gasteiger partial charge is 0.334 e. The van der Waals surface area contributed by atoms with E-state index in [4.69, 9.17) is 4.52 Å². The number of nitrogens with zero attached hydrogens (tertiary/aromatic N) is 3. The zero-order valence-corrected chi connectivity index (χ0v) is 15.3. The lowest BCUT2D eigenvalue weighted by Gasteiger charge is -2.07. The SMILES string of the molecule is CCn1c(=O)c(=O)[nH]c2cc(-c3noc(-c4ccccc4Br)n3)ccc21. The lowest BCUT2D eigenvalue weighted by Crippen LogP contribution is -2.35. The highest BCUT2D eigenvalue weighted by Crippen LogP contribution is 2.28. The molecule has 0 aliphatic heterocycles. The molecule has 0 amide bonds. The molecule has 0 bridgehead atoms. The summed E-state index contributed by atoms with van der Waals surface area (Å²) in [6, 6.07) is 12.8. The predicted octanol–water partition coefficient (Wildman–Crippen LogP) is 3.19. The maximum atomic E-state index is 11.9. The summed E-state index contributed by atoms with van der Waals surface area (Å²) in [5.41, 5.74) is 1.44. The van der Waals surface area contributed by atoms with Crippen LogP contribution in [0.4, 0.5) is 0 Å². The van der Waals surface area contributed by atoms with Crippen LogP contribution in [0.1, 0.15) is 6.92 Å². The molecule has 0 unspecified atom stereocenters. The number of benzene rings is 2. The fraction of sp³-hybridized carbons (Fsp3) is 0.111. The first-order valence-electron chi connectivity index (χ1n) is 7.94. The van der Waals surface area contributed by atoms with E-state index >= 15 is 0 Å². The van der Waals surface area contributed by atoms with Crippen LogP contribution in [0.25, 0.3) is 33.9 Å². The number of rotatable bonds is 3. The Morgan fingerprint density at radius 3 is 2.77 bits per heavy atom. The van der Waals surface area contributed by atoms with Crippen LogP contribution in [0.3, 0.4) is 0 Å². The highest BCUT2D eigenvalue weighted by molar-refractivity contribution is 9.10. The summed E-state index contributed by atoms with van der Waals surface area (Å²) in [7, 11) is 0. The third-order valence-corrected chi connectivity index (χ3v) is 4.77. The van der Waals surface area contributed by atoms with Crippen LogP contribution < -0.4 is 11.1 Å². The predicted molar refractivity (Wildman–Crippen MR) is 101 cm³/mol. The minimum Gasteiger partial charge on any atom is -0.334 e. The third kappa shape index (κ3) is 2.68. The number of H-pyrrole nitrogens is 1. The minimum absolute atomic E-state index is 0.389. The van der Waals surface area contributed by atoms with Crippen molar-refractivity contribution in [3.8, 4) is 22.8 Å². The van der Waals surface area contributed by atoms with Crippen LogP contribution in [0, 0.1) is 0 Å². The van der Waals surface area contributed by atoms with E-state index in [2.05, 4.69) is 31.1 Å². The second-order valence-corrected chi connectivity index (χ2v) is 6.49. The van der Waals surface area contributed by atoms with Crippen LogP contribution in [0.15, 0.2) is 61.0 Å². The van der Waals surface area contributed by atoms with Crippen molar-refractivity contribution in [3.63, 3.8) is 0 Å². The third-order valence-electron chi connectivity index (χ3n) is 4.08. The van der Waals surface area contributed by atoms with Crippen molar-refractivity contribution in [2.45, 2.75) is 13.5 Å². The van der Waals surface area contributed by atoms with Crippen LogP contribution in [0.5, 0.6) is 0 Å². The Labute approximate surface area is 155 Å². The molecular formula is C18H13BrN4O3. The monoisotopic (exact) mass is 412 g/mol. The summed E-state index contributed by atoms with van der Waals surface area (Å²) in [5.74, 6) is 0.785. The standard InChI is InChI=1S/C18H13BrN4O3/c1-2-23-14-8-7-10(9-13(14)20-16(24)18(23)25)15-21-17(26-22-15)11-5-3-4-6-12(11)19/h3-9H,2H2,1H3,(H,20,24). The van der Waals surface area contributed by atoms with Gasteiger partial charge in [-0.3, -0.25) is 9.59 Å². The van der Waals surface area contributed by atoms with Crippen molar-refractivity contribution in [1.82, 2.24) is 19.7 Å². The number of hydrogen-bond acceptors (Lipinski definition) is 5. The van der Waals surface area contributed by atoms with Gasteiger partial charge in [0.05, 0.1) is 16.6 Å². The highest BCUT2D eigenvalue weighted by Gasteiger charge is 2.14. The zero-order chi connectivity index (χ0) is 18.3. The summed E-state index contributed by atoms with van der Waals surface area (Å²) in [5, 5.41) is 4.03. The van der Waals surface area contributed by atoms with Crippen molar-refractivity contribution in [3.05, 3.63) is 67.6 Å². The van der Waals surface area contributed by atoms with Crippen LogP contribution in [-0.2, 0) is 6.54 Å². The molecule has 0 saturated carbocycles. The normalized spacial score (nSPS) is 11.2. The average Bonchev–Trinajstić information content (AvgIpc) is 3.13. The van der Waals surface area contributed by atoms with Gasteiger partial charge in [-0.2, -0.15) is 4.98 Å². The lowest BCUT2D eigenvalue weighted by molar-refractivity contribution is 0.432. The van der Waals surface area contributed by atoms with Crippen molar-refractivity contribution in [2.24, 2.45) is 0 Å². The van der Waals surface area contributed by atoms with E-state index < -0.39 is 11.1 Å². The molecule has 2 aromatic carbocycles. The Balaban J connectivity index is 1.83. The van der Waals surface area contributed by atoms with Gasteiger partial charge in [-0.1, -0.05) is 17.3 Å². The van der Waals surface area contributed by atoms with Crippen LogP contribution >= 0.6 is 15.9 Å². The van der Waals surface area contributed by atoms with E-state index in [9.17, 15) is 9.59 Å². The number of aromatic nitrogens is 4. The molecule has 0 radical (unpaired) electrons. The zero-order valence-electron chi connectivity index (χ0n) is 13.7. The van der Waals surface area contributed by atoms with Crippen molar-refractivity contribution in [1.29, 1.82) is 0 Å². The van der Waals surface area contributed by atoms with E-state index in [1.165, 1.54) is 4.57 Å². The first kappa shape index (κ1) is 16.5. The van der Waals surface area contributed by atoms with Crippen molar-refractivity contribution >= 4 is 27.0 Å². The van der Waals surface area contributed by atoms with E-state index in [0.29, 0.717) is 34.9 Å². The number of halogens is 1. The van der Waals surface area contributed by atoms with Gasteiger partial charge in [0.15, 0.2) is 0 Å². The maximum absolute atomic E-state index is 11.9. The summed E-state index contributed by atoms with van der Waals surface area (Å²) >= 11 is 3.46. The number of aryl methyl sites for hydroxylation is 1. The molecule has 0 atom stereocenters. The molecule has 26 heavy (non-hydrogen) atoms. The smallest absolute Gasteiger partial charge is 0.316 e. The maximum Gasteiger partial charge on any atom is 0.316 e. The molecule has 0 spiro atoms. The van der Waals surface area contributed by atoms with E-state index in [-0.39, 0.29) is 0 Å². The Hall–Kier alpha value is -3.00. The van der Waals surface area contributed by atoms with Gasteiger partial charge in [0.1, 0.15) is 0 Å². The van der Waals surface area contributed by atoms with Crippen molar-refractivity contribution < 1.29 is 4.52 Å². The van der Waals surface area contributed by atoms with Crippen molar-refractivity contribution in [2.75, 3.05) is 0 Å². The summed E-state index contributed by atoms with van der Waals surface area (Å²) in [4.78, 5) is 30.8. The summed E-state index contributed by atoms with van der Waals surface area (Å²) in [6.45, 7) is 2.23. The van der Waals surface area contributed by atoms with E-state index in [1.807, 2.05) is 31.2 Å². The molecule has 0 aliphatic carbocycles. The lowest BCUT2D eigenvalue weighted by atomic mass is 10.1. The summed E-state index contributed by atoms with van der Waals surface area (Å²) < 4.78 is 7.65. The van der Waals surface area contributed by atoms with E-state index in [0.717, 1.165) is 10.0 Å². The molecule has 1 N–H and O–H groups in total. The Bertz CT molecular complexity index is 1240. The Morgan fingerprint density at radius 1 is 1.19 bits per heavy atom. The molecule has 0 fully saturated rings. The minimum atomic E-state index is -0.654. The number of hydrogen-bond donors (Lipinski definition) is 1. The van der Waals surface area contributed by atoms with Gasteiger partial charge in [-0.25, -0.2) is 0 Å². The first-order chi connectivity index (χ1) is 12.6. The van der Waals surface area contributed by atoms with E-state index in [1.54, 1.807) is 18.2 Å². The first-order valence-corrected chi connectivity index (χ1v) is 8.73. The molecule has 4 rings (SSSR count). The summed E-state index contributed by atoms with van der Waals surface area (Å²) in [6.07, 6.45) is 0. The number of fused-ring (bicyclic) bond motifs is 1. The van der Waals surface area contributed by atoms with Gasteiger partial charge in [0.25, 0.3) is 5.89 Å². The van der Waals surface area contributed by atoms with Crippen LogP contribution in [0.2, 0.25) is 0 Å². The van der Waals surface area contributed by atoms with Gasteiger partial charge >= 0.3 is 11.1 Å². The van der Waals surface area contributed by atoms with Gasteiger partial charge in [-0.15, -0.1) is 0 Å². The molecule has 2 aromatic heterocycles. The second-order valence-electron chi connectivity index (χ2n) is 5.64. The molecular weight excluding hydrogens is 400 g/mol. The van der Waals surface area contributed by atoms with Gasteiger partial charge in [0.2, 0.25) is 5.82 Å². The molecule has 0 aliphatic rings. The topological polar surface area (TPSA) is 93.8 Å². The number of aromatic amines is 1. The highest BCUT2D eigenvalue weighted by atomic mass is 79.9. The molecule has 7 nitrogen and oxygen atoms in total. The molecule has 130 valence electrons. The van der Waals surface area contributed by atoms with Gasteiger partial charge in [0, 0.05) is 16.6 Å². The van der Waals surface area contributed by atoms with Gasteiger partial charge in [-0.05, 0) is 53.2 Å². The Morgan fingerprint density at radius 2 is 2.00 bits per heavy atom.